The number of likely N-dealkylation sites (tertiary alicyclic amines) is 1. The number of amides is 1. The molecule has 2 fully saturated rings. The Bertz CT molecular complexity index is 513. The molecule has 1 aromatic rings. The highest BCUT2D eigenvalue weighted by molar-refractivity contribution is 5.78. The van der Waals surface area contributed by atoms with Gasteiger partial charge in [-0.25, -0.2) is 0 Å². The van der Waals surface area contributed by atoms with E-state index in [1.807, 2.05) is 26.1 Å². The summed E-state index contributed by atoms with van der Waals surface area (Å²) in [6, 6.07) is 4.37. The van der Waals surface area contributed by atoms with E-state index in [1.54, 1.807) is 4.90 Å². The van der Waals surface area contributed by atoms with Gasteiger partial charge in [-0.3, -0.25) is 9.69 Å². The van der Waals surface area contributed by atoms with Gasteiger partial charge in [0.05, 0.1) is 13.1 Å². The van der Waals surface area contributed by atoms with E-state index in [2.05, 4.69) is 17.1 Å². The first-order chi connectivity index (χ1) is 10.0. The highest BCUT2D eigenvalue weighted by Gasteiger charge is 2.42. The minimum Gasteiger partial charge on any atom is -0.464 e. The molecule has 0 saturated carbocycles. The van der Waals surface area contributed by atoms with Crippen LogP contribution in [0.25, 0.3) is 0 Å². The summed E-state index contributed by atoms with van der Waals surface area (Å²) >= 11 is 0. The van der Waals surface area contributed by atoms with E-state index >= 15 is 0 Å². The van der Waals surface area contributed by atoms with Crippen LogP contribution in [0.4, 0.5) is 0 Å². The number of carbonyl (C=O) groups excluding carboxylic acids is 1. The van der Waals surface area contributed by atoms with Crippen molar-refractivity contribution in [3.05, 3.63) is 23.7 Å². The van der Waals surface area contributed by atoms with Crippen LogP contribution in [0.15, 0.2) is 16.5 Å². The second-order valence-electron chi connectivity index (χ2n) is 6.51. The molecule has 2 aliphatic heterocycles. The van der Waals surface area contributed by atoms with Gasteiger partial charge in [-0.2, -0.15) is 0 Å². The zero-order chi connectivity index (χ0) is 15.0. The third-order valence-corrected chi connectivity index (χ3v) is 5.01. The third kappa shape index (κ3) is 2.99. The molecule has 0 spiro atoms. The van der Waals surface area contributed by atoms with Crippen LogP contribution in [0.3, 0.4) is 0 Å². The van der Waals surface area contributed by atoms with E-state index in [0.717, 1.165) is 31.2 Å². The summed E-state index contributed by atoms with van der Waals surface area (Å²) < 4.78 is 5.54. The number of likely N-dealkylation sites (N-methyl/N-ethyl adjacent to an activating group) is 1. The molecule has 0 bridgehead atoms. The molecular weight excluding hydrogens is 266 g/mol. The van der Waals surface area contributed by atoms with Crippen molar-refractivity contribution >= 4 is 5.91 Å². The number of rotatable bonds is 4. The van der Waals surface area contributed by atoms with Gasteiger partial charge < -0.3 is 14.6 Å². The Morgan fingerprint density at radius 2 is 2.29 bits per heavy atom. The Balaban J connectivity index is 1.54. The van der Waals surface area contributed by atoms with Crippen molar-refractivity contribution in [3.63, 3.8) is 0 Å². The van der Waals surface area contributed by atoms with Crippen molar-refractivity contribution in [1.82, 2.24) is 15.1 Å². The van der Waals surface area contributed by atoms with Gasteiger partial charge in [-0.15, -0.1) is 0 Å². The molecule has 1 aromatic heterocycles. The largest absolute Gasteiger partial charge is 0.464 e. The highest BCUT2D eigenvalue weighted by atomic mass is 16.3. The summed E-state index contributed by atoms with van der Waals surface area (Å²) in [5.41, 5.74) is 0. The highest BCUT2D eigenvalue weighted by Crippen LogP contribution is 2.31. The predicted octanol–water partition coefficient (Wildman–Crippen LogP) is 1.09. The van der Waals surface area contributed by atoms with Crippen LogP contribution in [0, 0.1) is 18.8 Å². The summed E-state index contributed by atoms with van der Waals surface area (Å²) in [5.74, 6) is 3.32. The Morgan fingerprint density at radius 1 is 1.48 bits per heavy atom. The standard InChI is InChI=1S/C16H25N3O2/c1-11-4-5-14(21-11)9-18(3)16(20)10-19-8-13-6-17-7-15(13)12(19)2/h4-5,12-13,15,17H,6-10H2,1-3H3. The van der Waals surface area contributed by atoms with E-state index in [1.165, 1.54) is 0 Å². The minimum atomic E-state index is 0.170. The van der Waals surface area contributed by atoms with E-state index in [9.17, 15) is 4.79 Å². The fraction of sp³-hybridized carbons (Fsp3) is 0.688. The van der Waals surface area contributed by atoms with Crippen molar-refractivity contribution < 1.29 is 9.21 Å². The molecule has 2 aliphatic rings. The summed E-state index contributed by atoms with van der Waals surface area (Å²) in [6.07, 6.45) is 0. The van der Waals surface area contributed by atoms with Crippen LogP contribution < -0.4 is 5.32 Å². The molecule has 1 amide bonds. The molecule has 3 heterocycles. The van der Waals surface area contributed by atoms with Gasteiger partial charge in [0.25, 0.3) is 0 Å². The van der Waals surface area contributed by atoms with Crippen molar-refractivity contribution in [2.24, 2.45) is 11.8 Å². The Hall–Kier alpha value is -1.33. The Morgan fingerprint density at radius 3 is 2.95 bits per heavy atom. The van der Waals surface area contributed by atoms with Crippen molar-refractivity contribution in [3.8, 4) is 0 Å². The summed E-state index contributed by atoms with van der Waals surface area (Å²) in [7, 11) is 1.85. The van der Waals surface area contributed by atoms with Crippen LogP contribution in [0.2, 0.25) is 0 Å². The molecule has 2 saturated heterocycles. The Kier molecular flexibility index (Phi) is 4.04. The van der Waals surface area contributed by atoms with Gasteiger partial charge in [0.2, 0.25) is 5.91 Å². The van der Waals surface area contributed by atoms with E-state index in [4.69, 9.17) is 4.42 Å². The van der Waals surface area contributed by atoms with Crippen molar-refractivity contribution in [1.29, 1.82) is 0 Å². The molecule has 3 unspecified atom stereocenters. The Labute approximate surface area is 126 Å². The number of hydrogen-bond acceptors (Lipinski definition) is 4. The zero-order valence-corrected chi connectivity index (χ0v) is 13.1. The molecule has 5 nitrogen and oxygen atoms in total. The van der Waals surface area contributed by atoms with E-state index in [-0.39, 0.29) is 5.91 Å². The van der Waals surface area contributed by atoms with Gasteiger partial charge >= 0.3 is 0 Å². The van der Waals surface area contributed by atoms with Crippen LogP contribution in [0.1, 0.15) is 18.4 Å². The van der Waals surface area contributed by atoms with Gasteiger partial charge in [-0.05, 0) is 50.9 Å². The van der Waals surface area contributed by atoms with Crippen LogP contribution >= 0.6 is 0 Å². The van der Waals surface area contributed by atoms with Crippen LogP contribution in [-0.4, -0.2) is 55.0 Å². The fourth-order valence-corrected chi connectivity index (χ4v) is 3.65. The molecule has 0 aromatic carbocycles. The molecule has 5 heteroatoms. The summed E-state index contributed by atoms with van der Waals surface area (Å²) in [6.45, 7) is 8.47. The number of fused-ring (bicyclic) bond motifs is 1. The van der Waals surface area contributed by atoms with E-state index < -0.39 is 0 Å². The minimum absolute atomic E-state index is 0.170. The lowest BCUT2D eigenvalue weighted by Crippen LogP contribution is -2.41. The quantitative estimate of drug-likeness (QED) is 0.902. The number of nitrogens with zero attached hydrogens (tertiary/aromatic N) is 2. The molecule has 1 N–H and O–H groups in total. The maximum atomic E-state index is 12.4. The number of carbonyl (C=O) groups is 1. The first kappa shape index (κ1) is 14.6. The molecular formula is C16H25N3O2. The smallest absolute Gasteiger partial charge is 0.236 e. The number of aryl methyl sites for hydroxylation is 1. The molecule has 3 rings (SSSR count). The van der Waals surface area contributed by atoms with Crippen LogP contribution in [-0.2, 0) is 11.3 Å². The fourth-order valence-electron chi connectivity index (χ4n) is 3.65. The maximum absolute atomic E-state index is 12.4. The SMILES string of the molecule is Cc1ccc(CN(C)C(=O)CN2CC3CNCC3C2C)o1. The molecule has 116 valence electrons. The summed E-state index contributed by atoms with van der Waals surface area (Å²) in [5, 5.41) is 3.45. The normalized spacial score (nSPS) is 28.8. The molecule has 0 aliphatic carbocycles. The maximum Gasteiger partial charge on any atom is 0.236 e. The second kappa shape index (κ2) is 5.81. The third-order valence-electron chi connectivity index (χ3n) is 5.01. The average molecular weight is 291 g/mol. The molecule has 3 atom stereocenters. The lowest BCUT2D eigenvalue weighted by atomic mass is 9.95. The van der Waals surface area contributed by atoms with Gasteiger partial charge in [-0.1, -0.05) is 0 Å². The average Bonchev–Trinajstić information content (AvgIpc) is 3.11. The number of hydrogen-bond donors (Lipinski definition) is 1. The molecule has 0 radical (unpaired) electrons. The van der Waals surface area contributed by atoms with Crippen LogP contribution in [0.5, 0.6) is 0 Å². The molecule has 21 heavy (non-hydrogen) atoms. The van der Waals surface area contributed by atoms with Gasteiger partial charge in [0.1, 0.15) is 11.5 Å². The summed E-state index contributed by atoms with van der Waals surface area (Å²) in [4.78, 5) is 16.5. The van der Waals surface area contributed by atoms with Gasteiger partial charge in [0.15, 0.2) is 0 Å². The first-order valence-electron chi connectivity index (χ1n) is 7.78. The second-order valence-corrected chi connectivity index (χ2v) is 6.51. The predicted molar refractivity (Wildman–Crippen MR) is 80.8 cm³/mol. The lowest BCUT2D eigenvalue weighted by Gasteiger charge is -2.26. The number of furan rings is 1. The van der Waals surface area contributed by atoms with Crippen molar-refractivity contribution in [2.45, 2.75) is 26.4 Å². The topological polar surface area (TPSA) is 48.7 Å². The monoisotopic (exact) mass is 291 g/mol. The van der Waals surface area contributed by atoms with E-state index in [0.29, 0.717) is 31.0 Å². The first-order valence-corrected chi connectivity index (χ1v) is 7.78. The zero-order valence-electron chi connectivity index (χ0n) is 13.1. The number of nitrogens with one attached hydrogen (secondary N) is 1. The lowest BCUT2D eigenvalue weighted by molar-refractivity contribution is -0.132. The van der Waals surface area contributed by atoms with Gasteiger partial charge in [0, 0.05) is 19.6 Å². The van der Waals surface area contributed by atoms with Crippen molar-refractivity contribution in [2.75, 3.05) is 33.2 Å².